The molecule has 0 bridgehead atoms. The van der Waals surface area contributed by atoms with Crippen molar-refractivity contribution in [1.82, 2.24) is 0 Å². The molecule has 68 heavy (non-hydrogen) atoms. The first-order valence-electron chi connectivity index (χ1n) is 24.5. The first-order valence-corrected chi connectivity index (χ1v) is 25.3. The maximum absolute atomic E-state index is 12.0. The topological polar surface area (TPSA) is 104 Å². The van der Waals surface area contributed by atoms with Crippen LogP contribution in [0.4, 0.5) is 5.69 Å². The Balaban J connectivity index is 1.12. The van der Waals surface area contributed by atoms with Crippen LogP contribution in [0.25, 0.3) is 28.0 Å². The van der Waals surface area contributed by atoms with E-state index in [1.165, 1.54) is 58.2 Å². The van der Waals surface area contributed by atoms with Gasteiger partial charge >= 0.3 is 11.9 Å². The molecule has 5 aromatic rings. The molecule has 5 aromatic carbocycles. The van der Waals surface area contributed by atoms with Gasteiger partial charge < -0.3 is 33.7 Å². The Morgan fingerprint density at radius 3 is 2.25 bits per heavy atom. The van der Waals surface area contributed by atoms with Gasteiger partial charge in [-0.25, -0.2) is 0 Å². The molecule has 2 aliphatic heterocycles. The molecule has 0 radical (unpaired) electrons. The second-order valence-electron chi connectivity index (χ2n) is 18.9. The number of morpholine rings is 1. The summed E-state index contributed by atoms with van der Waals surface area (Å²) >= 11 is 1.77. The number of hydrogen-bond acceptors (Lipinski definition) is 9. The van der Waals surface area contributed by atoms with Gasteiger partial charge in [0.1, 0.15) is 30.5 Å². The average Bonchev–Trinajstić information content (AvgIpc) is 3.67. The fourth-order valence-corrected chi connectivity index (χ4v) is 12.5. The number of carbonyl (C=O) groups excluding carboxylic acids is 1. The highest BCUT2D eigenvalue weighted by Gasteiger charge is 2.52. The molecular weight excluding hydrogens is 871 g/mol. The molecule has 2 fully saturated rings. The molecule has 5 aliphatic rings. The third kappa shape index (κ3) is 8.38. The number of hydrogen-bond donors (Lipinski definition) is 1. The lowest BCUT2D eigenvalue weighted by Crippen LogP contribution is -2.38. The number of nitrogens with zero attached hydrogens (tertiary/aromatic N) is 1. The number of fused-ring (bicyclic) bond motifs is 10. The lowest BCUT2D eigenvalue weighted by Gasteiger charge is -2.47. The summed E-state index contributed by atoms with van der Waals surface area (Å²) < 4.78 is 31.1. The summed E-state index contributed by atoms with van der Waals surface area (Å²) in [6.45, 7) is 7.98. The molecule has 2 heterocycles. The van der Waals surface area contributed by atoms with Crippen LogP contribution < -0.4 is 19.1 Å². The second-order valence-corrected chi connectivity index (χ2v) is 20.0. The minimum Gasteiger partial charge on any atom is -0.496 e. The zero-order valence-corrected chi connectivity index (χ0v) is 40.3. The van der Waals surface area contributed by atoms with Crippen LogP contribution in [-0.2, 0) is 30.1 Å². The van der Waals surface area contributed by atoms with Crippen LogP contribution in [0.5, 0.6) is 17.2 Å². The van der Waals surface area contributed by atoms with Gasteiger partial charge in [0.15, 0.2) is 5.60 Å². The number of anilines is 1. The number of carbonyl (C=O) groups is 2. The van der Waals surface area contributed by atoms with Gasteiger partial charge in [0.2, 0.25) is 0 Å². The van der Waals surface area contributed by atoms with E-state index in [4.69, 9.17) is 28.8 Å². The number of esters is 1. The Bertz CT molecular complexity index is 2790. The zero-order valence-electron chi connectivity index (χ0n) is 39.4. The number of ether oxygens (including phenoxy) is 5. The van der Waals surface area contributed by atoms with Crippen molar-refractivity contribution >= 4 is 46.2 Å². The molecule has 1 spiro atoms. The normalized spacial score (nSPS) is 19.7. The monoisotopic (exact) mass is 931 g/mol. The van der Waals surface area contributed by atoms with Crippen LogP contribution in [0.2, 0.25) is 0 Å². The SMILES string of the molecule is CCC1(CC)CCC2(CC1)c1ccccc1-c1c2c2c(c3cc(OC)c(SC4=CCCC=C4)cc13)OC(c1ccc(OCCOC(=O)CCC(=O)O)cc1)(c1ccc(N3CCOCC3)cc1)C=C2. The predicted octanol–water partition coefficient (Wildman–Crippen LogP) is 12.8. The number of aliphatic carboxylic acids is 1. The van der Waals surface area contributed by atoms with Crippen molar-refractivity contribution in [2.24, 2.45) is 5.41 Å². The smallest absolute Gasteiger partial charge is 0.306 e. The first-order chi connectivity index (χ1) is 33.2. The standard InChI is InChI=1S/C58H61NO8S/c1-4-56(5-2)27-29-57(30-28-56)48-14-10-9-13-44(48)53-46-38-50(68-43-11-7-6-8-12-43)49(63-3)37-47(46)55-45(54(53)57)25-26-58(67-55,39-15-19-41(20-16-39)59-31-33-64-34-32-59)40-17-21-42(22-18-40)65-35-36-66-52(62)24-23-51(60)61/h7,9-22,25-26,37-38H,4-6,8,23-24,27-36H2,1-3H3,(H,60,61). The van der Waals surface area contributed by atoms with E-state index in [1.807, 2.05) is 12.1 Å². The largest absolute Gasteiger partial charge is 0.496 e. The molecule has 0 amide bonds. The summed E-state index contributed by atoms with van der Waals surface area (Å²) in [5.74, 6) is 0.675. The first kappa shape index (κ1) is 45.8. The van der Waals surface area contributed by atoms with Crippen molar-refractivity contribution in [2.45, 2.75) is 94.0 Å². The van der Waals surface area contributed by atoms with Crippen LogP contribution in [0.1, 0.15) is 106 Å². The van der Waals surface area contributed by atoms with Gasteiger partial charge in [0, 0.05) is 51.2 Å². The highest BCUT2D eigenvalue weighted by atomic mass is 32.2. The molecule has 0 aromatic heterocycles. The molecule has 1 saturated carbocycles. The fraction of sp³-hybridized carbons (Fsp3) is 0.379. The number of thioether (sulfide) groups is 1. The van der Waals surface area contributed by atoms with Crippen LogP contribution in [-0.4, -0.2) is 63.7 Å². The molecule has 1 atom stereocenters. The van der Waals surface area contributed by atoms with Gasteiger partial charge in [-0.15, -0.1) is 0 Å². The van der Waals surface area contributed by atoms with Crippen LogP contribution in [0.3, 0.4) is 0 Å². The lowest BCUT2D eigenvalue weighted by atomic mass is 9.58. The van der Waals surface area contributed by atoms with Crippen molar-refractivity contribution in [3.05, 3.63) is 142 Å². The van der Waals surface area contributed by atoms with Gasteiger partial charge in [-0.3, -0.25) is 9.59 Å². The van der Waals surface area contributed by atoms with Gasteiger partial charge in [-0.05, 0) is 114 Å². The van der Waals surface area contributed by atoms with E-state index in [0.717, 1.165) is 82.9 Å². The molecule has 1 unspecified atom stereocenters. The van der Waals surface area contributed by atoms with Gasteiger partial charge in [-0.2, -0.15) is 0 Å². The Morgan fingerprint density at radius 2 is 1.56 bits per heavy atom. The number of rotatable bonds is 15. The van der Waals surface area contributed by atoms with E-state index in [9.17, 15) is 9.59 Å². The number of allylic oxidation sites excluding steroid dienone is 3. The zero-order chi connectivity index (χ0) is 46.9. The van der Waals surface area contributed by atoms with Crippen molar-refractivity contribution < 1.29 is 38.4 Å². The molecule has 10 rings (SSSR count). The van der Waals surface area contributed by atoms with Crippen LogP contribution in [0, 0.1) is 5.41 Å². The molecule has 10 heteroatoms. The minimum absolute atomic E-state index is 0.0148. The molecule has 3 aliphatic carbocycles. The Kier molecular flexibility index (Phi) is 12.9. The third-order valence-electron chi connectivity index (χ3n) is 15.5. The summed E-state index contributed by atoms with van der Waals surface area (Å²) in [6.07, 6.45) is 20.0. The van der Waals surface area contributed by atoms with Gasteiger partial charge in [-0.1, -0.05) is 111 Å². The summed E-state index contributed by atoms with van der Waals surface area (Å²) in [7, 11) is 1.77. The van der Waals surface area contributed by atoms with E-state index in [2.05, 4.69) is 122 Å². The number of carboxylic acids is 1. The van der Waals surface area contributed by atoms with Crippen LogP contribution >= 0.6 is 11.8 Å². The number of methoxy groups -OCH3 is 1. The molecule has 1 saturated heterocycles. The molecule has 352 valence electrons. The molecule has 9 nitrogen and oxygen atoms in total. The summed E-state index contributed by atoms with van der Waals surface area (Å²) in [5, 5.41) is 11.1. The fourth-order valence-electron chi connectivity index (χ4n) is 11.5. The molecular formula is C58H61NO8S. The predicted molar refractivity (Wildman–Crippen MR) is 270 cm³/mol. The average molecular weight is 932 g/mol. The Labute approximate surface area is 404 Å². The van der Waals surface area contributed by atoms with Gasteiger partial charge in [0.05, 0.1) is 38.1 Å². The summed E-state index contributed by atoms with van der Waals surface area (Å²) in [6, 6.07) is 30.6. The lowest BCUT2D eigenvalue weighted by molar-refractivity contribution is -0.148. The maximum Gasteiger partial charge on any atom is 0.306 e. The van der Waals surface area contributed by atoms with Crippen LogP contribution in [0.15, 0.2) is 119 Å². The van der Waals surface area contributed by atoms with Crippen molar-refractivity contribution in [2.75, 3.05) is 51.5 Å². The van der Waals surface area contributed by atoms with E-state index in [0.29, 0.717) is 24.4 Å². The summed E-state index contributed by atoms with van der Waals surface area (Å²) in [5.41, 5.74) is 8.82. The van der Waals surface area contributed by atoms with E-state index < -0.39 is 17.5 Å². The van der Waals surface area contributed by atoms with Gasteiger partial charge in [0.25, 0.3) is 0 Å². The number of carboxylic acid groups (broad SMARTS) is 1. The Hall–Kier alpha value is -5.97. The second kappa shape index (κ2) is 19.2. The van der Waals surface area contributed by atoms with Crippen molar-refractivity contribution in [1.29, 1.82) is 0 Å². The van der Waals surface area contributed by atoms with E-state index >= 15 is 0 Å². The third-order valence-corrected chi connectivity index (χ3v) is 16.6. The van der Waals surface area contributed by atoms with E-state index in [1.54, 1.807) is 18.9 Å². The highest BCUT2D eigenvalue weighted by molar-refractivity contribution is 8.03. The maximum atomic E-state index is 12.0. The molecule has 1 N–H and O–H groups in total. The van der Waals surface area contributed by atoms with E-state index in [-0.39, 0.29) is 31.5 Å². The number of benzene rings is 5. The highest BCUT2D eigenvalue weighted by Crippen LogP contribution is 2.65. The Morgan fingerprint density at radius 1 is 0.824 bits per heavy atom. The summed E-state index contributed by atoms with van der Waals surface area (Å²) in [4.78, 5) is 27.6. The minimum atomic E-state index is -1.04. The quantitative estimate of drug-likeness (QED) is 0.0806. The van der Waals surface area contributed by atoms with Crippen molar-refractivity contribution in [3.8, 4) is 28.4 Å². The van der Waals surface area contributed by atoms with Crippen molar-refractivity contribution in [3.63, 3.8) is 0 Å².